The van der Waals surface area contributed by atoms with Crippen molar-refractivity contribution in [3.63, 3.8) is 0 Å². The molecule has 1 aromatic heterocycles. The zero-order chi connectivity index (χ0) is 16.0. The highest BCUT2D eigenvalue weighted by Crippen LogP contribution is 2.28. The lowest BCUT2D eigenvalue weighted by Crippen LogP contribution is -2.20. The average molecular weight is 323 g/mol. The van der Waals surface area contributed by atoms with Crippen LogP contribution in [0.3, 0.4) is 0 Å². The molecule has 0 unspecified atom stereocenters. The number of aromatic nitrogens is 2. The minimum absolute atomic E-state index is 0.0141. The van der Waals surface area contributed by atoms with Crippen LogP contribution >= 0.6 is 11.6 Å². The SMILES string of the molecule is Cc1ccc(C=C2CCn3c2nc2ccc(Cl)cc2c3=O)cc1. The zero-order valence-electron chi connectivity index (χ0n) is 12.7. The fourth-order valence-corrected chi connectivity index (χ4v) is 3.16. The molecule has 4 heteroatoms. The summed E-state index contributed by atoms with van der Waals surface area (Å²) in [5.41, 5.74) is 4.14. The minimum Gasteiger partial charge on any atom is -0.292 e. The molecule has 0 radical (unpaired) electrons. The number of fused-ring (bicyclic) bond motifs is 2. The second-order valence-electron chi connectivity index (χ2n) is 5.88. The smallest absolute Gasteiger partial charge is 0.261 e. The van der Waals surface area contributed by atoms with Crippen LogP contribution in [0, 0.1) is 6.92 Å². The lowest BCUT2D eigenvalue weighted by Gasteiger charge is -2.06. The van der Waals surface area contributed by atoms with E-state index in [4.69, 9.17) is 11.6 Å². The molecule has 4 rings (SSSR count). The van der Waals surface area contributed by atoms with Gasteiger partial charge in [0.2, 0.25) is 0 Å². The Balaban J connectivity index is 1.88. The third-order valence-electron chi connectivity index (χ3n) is 4.23. The Morgan fingerprint density at radius 2 is 1.96 bits per heavy atom. The van der Waals surface area contributed by atoms with Crippen LogP contribution in [0.15, 0.2) is 47.3 Å². The van der Waals surface area contributed by atoms with Gasteiger partial charge in [0, 0.05) is 11.6 Å². The van der Waals surface area contributed by atoms with Gasteiger partial charge in [-0.2, -0.15) is 0 Å². The van der Waals surface area contributed by atoms with Crippen molar-refractivity contribution in [2.45, 2.75) is 19.9 Å². The summed E-state index contributed by atoms with van der Waals surface area (Å²) in [7, 11) is 0. The van der Waals surface area contributed by atoms with Crippen LogP contribution < -0.4 is 5.56 Å². The predicted octanol–water partition coefficient (Wildman–Crippen LogP) is 4.30. The Morgan fingerprint density at radius 1 is 1.17 bits per heavy atom. The molecule has 2 aromatic carbocycles. The van der Waals surface area contributed by atoms with Gasteiger partial charge in [-0.15, -0.1) is 0 Å². The molecule has 0 saturated heterocycles. The van der Waals surface area contributed by atoms with Gasteiger partial charge in [0.25, 0.3) is 5.56 Å². The first kappa shape index (κ1) is 14.2. The summed E-state index contributed by atoms with van der Waals surface area (Å²) >= 11 is 6.00. The normalized spacial score (nSPS) is 15.3. The molecule has 114 valence electrons. The van der Waals surface area contributed by atoms with E-state index in [1.54, 1.807) is 16.7 Å². The summed E-state index contributed by atoms with van der Waals surface area (Å²) in [5.74, 6) is 0.769. The lowest BCUT2D eigenvalue weighted by molar-refractivity contribution is 0.725. The van der Waals surface area contributed by atoms with Gasteiger partial charge in [-0.3, -0.25) is 9.36 Å². The largest absolute Gasteiger partial charge is 0.292 e. The van der Waals surface area contributed by atoms with Crippen LogP contribution in [0.1, 0.15) is 23.4 Å². The first-order valence-corrected chi connectivity index (χ1v) is 7.97. The summed E-state index contributed by atoms with van der Waals surface area (Å²) in [4.78, 5) is 17.3. The van der Waals surface area contributed by atoms with E-state index in [9.17, 15) is 4.79 Å². The molecule has 1 aliphatic heterocycles. The number of halogens is 1. The topological polar surface area (TPSA) is 34.9 Å². The Hall–Kier alpha value is -2.39. The van der Waals surface area contributed by atoms with Gasteiger partial charge in [-0.05, 0) is 48.8 Å². The van der Waals surface area contributed by atoms with Gasteiger partial charge in [0.15, 0.2) is 0 Å². The monoisotopic (exact) mass is 322 g/mol. The van der Waals surface area contributed by atoms with Gasteiger partial charge >= 0.3 is 0 Å². The molecule has 0 spiro atoms. The lowest BCUT2D eigenvalue weighted by atomic mass is 10.1. The van der Waals surface area contributed by atoms with E-state index >= 15 is 0 Å². The maximum absolute atomic E-state index is 12.7. The fourth-order valence-electron chi connectivity index (χ4n) is 2.99. The molecule has 3 nitrogen and oxygen atoms in total. The van der Waals surface area contributed by atoms with Crippen LogP contribution in [-0.4, -0.2) is 9.55 Å². The second kappa shape index (κ2) is 5.36. The molecule has 0 N–H and O–H groups in total. The molecule has 23 heavy (non-hydrogen) atoms. The van der Waals surface area contributed by atoms with Crippen molar-refractivity contribution in [3.05, 3.63) is 74.8 Å². The molecule has 1 aliphatic rings. The molecule has 0 amide bonds. The van der Waals surface area contributed by atoms with Crippen LogP contribution in [0.4, 0.5) is 0 Å². The van der Waals surface area contributed by atoms with Crippen LogP contribution in [-0.2, 0) is 6.54 Å². The van der Waals surface area contributed by atoms with Crippen molar-refractivity contribution >= 4 is 34.2 Å². The van der Waals surface area contributed by atoms with Gasteiger partial charge < -0.3 is 0 Å². The van der Waals surface area contributed by atoms with Crippen molar-refractivity contribution in [3.8, 4) is 0 Å². The summed E-state index contributed by atoms with van der Waals surface area (Å²) in [5, 5.41) is 1.14. The number of rotatable bonds is 1. The highest BCUT2D eigenvalue weighted by molar-refractivity contribution is 6.31. The van der Waals surface area contributed by atoms with Crippen molar-refractivity contribution in [2.24, 2.45) is 0 Å². The molecule has 0 saturated carbocycles. The fraction of sp³-hybridized carbons (Fsp3) is 0.158. The van der Waals surface area contributed by atoms with Crippen molar-refractivity contribution in [2.75, 3.05) is 0 Å². The van der Waals surface area contributed by atoms with Gasteiger partial charge in [-0.1, -0.05) is 41.4 Å². The molecule has 0 fully saturated rings. The van der Waals surface area contributed by atoms with E-state index in [0.717, 1.165) is 23.4 Å². The third-order valence-corrected chi connectivity index (χ3v) is 4.46. The predicted molar refractivity (Wildman–Crippen MR) is 94.7 cm³/mol. The van der Waals surface area contributed by atoms with Crippen LogP contribution in [0.2, 0.25) is 5.02 Å². The number of hydrogen-bond donors (Lipinski definition) is 0. The van der Waals surface area contributed by atoms with E-state index in [2.05, 4.69) is 42.2 Å². The molecule has 2 heterocycles. The summed E-state index contributed by atoms with van der Waals surface area (Å²) in [6.45, 7) is 2.74. The van der Waals surface area contributed by atoms with Crippen molar-refractivity contribution in [1.82, 2.24) is 9.55 Å². The molecular weight excluding hydrogens is 308 g/mol. The standard InChI is InChI=1S/C19H15ClN2O/c1-12-2-4-13(5-3-12)10-14-8-9-22-18(14)21-17-7-6-15(20)11-16(17)19(22)23/h2-7,10-11H,8-9H2,1H3. The average Bonchev–Trinajstić information content (AvgIpc) is 2.94. The first-order valence-electron chi connectivity index (χ1n) is 7.59. The van der Waals surface area contributed by atoms with Crippen molar-refractivity contribution < 1.29 is 0 Å². The number of nitrogens with zero attached hydrogens (tertiary/aromatic N) is 2. The Bertz CT molecular complexity index is 1000. The van der Waals surface area contributed by atoms with Crippen LogP contribution in [0.5, 0.6) is 0 Å². The second-order valence-corrected chi connectivity index (χ2v) is 6.32. The number of allylic oxidation sites excluding steroid dienone is 1. The third kappa shape index (κ3) is 2.47. The zero-order valence-corrected chi connectivity index (χ0v) is 13.5. The van der Waals surface area contributed by atoms with Crippen molar-refractivity contribution in [1.29, 1.82) is 0 Å². The number of benzene rings is 2. The van der Waals surface area contributed by atoms with Gasteiger partial charge in [0.1, 0.15) is 5.82 Å². The summed E-state index contributed by atoms with van der Waals surface area (Å²) in [6, 6.07) is 13.6. The number of aryl methyl sites for hydroxylation is 1. The molecule has 0 aliphatic carbocycles. The molecule has 0 bridgehead atoms. The van der Waals surface area contributed by atoms with Crippen LogP contribution in [0.25, 0.3) is 22.6 Å². The van der Waals surface area contributed by atoms with E-state index in [0.29, 0.717) is 22.5 Å². The Labute approximate surface area is 138 Å². The maximum atomic E-state index is 12.7. The van der Waals surface area contributed by atoms with E-state index < -0.39 is 0 Å². The molecule has 0 atom stereocenters. The first-order chi connectivity index (χ1) is 11.1. The highest BCUT2D eigenvalue weighted by Gasteiger charge is 2.20. The Kier molecular flexibility index (Phi) is 3.31. The minimum atomic E-state index is -0.0141. The summed E-state index contributed by atoms with van der Waals surface area (Å²) in [6.07, 6.45) is 2.94. The van der Waals surface area contributed by atoms with E-state index in [-0.39, 0.29) is 5.56 Å². The van der Waals surface area contributed by atoms with Gasteiger partial charge in [0.05, 0.1) is 10.9 Å². The molecular formula is C19H15ClN2O. The quantitative estimate of drug-likeness (QED) is 0.669. The van der Waals surface area contributed by atoms with E-state index in [1.807, 2.05) is 6.07 Å². The Morgan fingerprint density at radius 3 is 2.74 bits per heavy atom. The summed E-state index contributed by atoms with van der Waals surface area (Å²) < 4.78 is 1.75. The number of hydrogen-bond acceptors (Lipinski definition) is 2. The molecule has 3 aromatic rings. The maximum Gasteiger partial charge on any atom is 0.261 e. The van der Waals surface area contributed by atoms with Gasteiger partial charge in [-0.25, -0.2) is 4.98 Å². The van der Waals surface area contributed by atoms with E-state index in [1.165, 1.54) is 5.56 Å². The highest BCUT2D eigenvalue weighted by atomic mass is 35.5.